The second kappa shape index (κ2) is 6.36. The van der Waals surface area contributed by atoms with Crippen LogP contribution in [-0.4, -0.2) is 62.2 Å². The molecule has 3 nitrogen and oxygen atoms in total. The van der Waals surface area contributed by atoms with Crippen molar-refractivity contribution in [2.75, 3.05) is 46.3 Å². The van der Waals surface area contributed by atoms with Crippen LogP contribution in [0.1, 0.15) is 39.5 Å². The third-order valence-electron chi connectivity index (χ3n) is 5.03. The second-order valence-electron chi connectivity index (χ2n) is 6.45. The Hall–Kier alpha value is -0.120. The van der Waals surface area contributed by atoms with Gasteiger partial charge in [0.15, 0.2) is 0 Å². The number of hydrogen-bond acceptors (Lipinski definition) is 3. The van der Waals surface area contributed by atoms with E-state index in [2.05, 4.69) is 36.0 Å². The summed E-state index contributed by atoms with van der Waals surface area (Å²) in [6, 6.07) is 0.733. The molecule has 1 aliphatic carbocycles. The van der Waals surface area contributed by atoms with E-state index in [0.717, 1.165) is 6.04 Å². The summed E-state index contributed by atoms with van der Waals surface area (Å²) in [5.74, 6) is 0. The Balaban J connectivity index is 1.88. The van der Waals surface area contributed by atoms with Gasteiger partial charge in [0.1, 0.15) is 0 Å². The average molecular weight is 253 g/mol. The standard InChI is InChI=1S/C15H31N3/c1-4-18-10-9-17(11-14(18)2)13-15(12-16-3)7-5-6-8-15/h14,16H,4-13H2,1-3H3. The van der Waals surface area contributed by atoms with Gasteiger partial charge in [-0.2, -0.15) is 0 Å². The Morgan fingerprint density at radius 1 is 1.22 bits per heavy atom. The Morgan fingerprint density at radius 2 is 1.94 bits per heavy atom. The molecule has 0 amide bonds. The molecule has 2 rings (SSSR count). The molecule has 18 heavy (non-hydrogen) atoms. The van der Waals surface area contributed by atoms with E-state index < -0.39 is 0 Å². The molecule has 1 atom stereocenters. The zero-order valence-electron chi connectivity index (χ0n) is 12.5. The van der Waals surface area contributed by atoms with Gasteiger partial charge < -0.3 is 5.32 Å². The van der Waals surface area contributed by atoms with E-state index in [0.29, 0.717) is 5.41 Å². The molecule has 1 heterocycles. The average Bonchev–Trinajstić information content (AvgIpc) is 2.78. The largest absolute Gasteiger partial charge is 0.319 e. The Kier molecular flexibility index (Phi) is 5.05. The highest BCUT2D eigenvalue weighted by molar-refractivity contribution is 4.91. The van der Waals surface area contributed by atoms with Crippen molar-refractivity contribution in [3.05, 3.63) is 0 Å². The van der Waals surface area contributed by atoms with Crippen molar-refractivity contribution in [3.8, 4) is 0 Å². The fraction of sp³-hybridized carbons (Fsp3) is 1.00. The first kappa shape index (κ1) is 14.3. The van der Waals surface area contributed by atoms with Crippen LogP contribution in [0.15, 0.2) is 0 Å². The van der Waals surface area contributed by atoms with Crippen molar-refractivity contribution in [3.63, 3.8) is 0 Å². The SMILES string of the molecule is CCN1CCN(CC2(CNC)CCCC2)CC1C. The second-order valence-corrected chi connectivity index (χ2v) is 6.45. The lowest BCUT2D eigenvalue weighted by Crippen LogP contribution is -2.54. The molecular weight excluding hydrogens is 222 g/mol. The van der Waals surface area contributed by atoms with Crippen molar-refractivity contribution >= 4 is 0 Å². The number of hydrogen-bond donors (Lipinski definition) is 1. The Morgan fingerprint density at radius 3 is 2.50 bits per heavy atom. The molecule has 1 unspecified atom stereocenters. The highest BCUT2D eigenvalue weighted by Crippen LogP contribution is 2.38. The molecule has 0 spiro atoms. The van der Waals surface area contributed by atoms with Gasteiger partial charge in [-0.3, -0.25) is 9.80 Å². The maximum Gasteiger partial charge on any atom is 0.0195 e. The molecule has 1 saturated carbocycles. The van der Waals surface area contributed by atoms with Gasteiger partial charge in [0.05, 0.1) is 0 Å². The predicted octanol–water partition coefficient (Wildman–Crippen LogP) is 1.79. The van der Waals surface area contributed by atoms with Crippen LogP contribution in [0.4, 0.5) is 0 Å². The Bertz CT molecular complexity index is 248. The molecule has 2 fully saturated rings. The molecule has 0 aromatic carbocycles. The van der Waals surface area contributed by atoms with Crippen molar-refractivity contribution in [1.29, 1.82) is 0 Å². The van der Waals surface area contributed by atoms with Gasteiger partial charge in [0.25, 0.3) is 0 Å². The topological polar surface area (TPSA) is 18.5 Å². The number of piperazine rings is 1. The van der Waals surface area contributed by atoms with E-state index in [4.69, 9.17) is 0 Å². The van der Waals surface area contributed by atoms with Gasteiger partial charge >= 0.3 is 0 Å². The van der Waals surface area contributed by atoms with Crippen molar-refractivity contribution in [2.45, 2.75) is 45.6 Å². The van der Waals surface area contributed by atoms with Crippen molar-refractivity contribution < 1.29 is 0 Å². The third kappa shape index (κ3) is 3.25. The van der Waals surface area contributed by atoms with Gasteiger partial charge in [0.2, 0.25) is 0 Å². The maximum absolute atomic E-state index is 3.43. The van der Waals surface area contributed by atoms with Crippen LogP contribution in [0.2, 0.25) is 0 Å². The quantitative estimate of drug-likeness (QED) is 0.806. The van der Waals surface area contributed by atoms with Crippen LogP contribution in [0.25, 0.3) is 0 Å². The third-order valence-corrected chi connectivity index (χ3v) is 5.03. The minimum Gasteiger partial charge on any atom is -0.319 e. The number of nitrogens with zero attached hydrogens (tertiary/aromatic N) is 2. The lowest BCUT2D eigenvalue weighted by Gasteiger charge is -2.43. The summed E-state index contributed by atoms with van der Waals surface area (Å²) < 4.78 is 0. The van der Waals surface area contributed by atoms with E-state index in [-0.39, 0.29) is 0 Å². The zero-order chi connectivity index (χ0) is 13.0. The number of rotatable bonds is 5. The van der Waals surface area contributed by atoms with Gasteiger partial charge in [-0.15, -0.1) is 0 Å². The summed E-state index contributed by atoms with van der Waals surface area (Å²) >= 11 is 0. The van der Waals surface area contributed by atoms with Gasteiger partial charge in [0, 0.05) is 38.8 Å². The molecule has 1 saturated heterocycles. The van der Waals surface area contributed by atoms with E-state index in [1.165, 1.54) is 65.0 Å². The molecule has 0 aromatic heterocycles. The van der Waals surface area contributed by atoms with Crippen LogP contribution in [-0.2, 0) is 0 Å². The fourth-order valence-corrected chi connectivity index (χ4v) is 4.05. The van der Waals surface area contributed by atoms with Gasteiger partial charge in [-0.25, -0.2) is 0 Å². The van der Waals surface area contributed by atoms with Crippen LogP contribution in [0, 0.1) is 5.41 Å². The molecule has 1 aliphatic heterocycles. The summed E-state index contributed by atoms with van der Waals surface area (Å²) in [4.78, 5) is 5.33. The highest BCUT2D eigenvalue weighted by Gasteiger charge is 2.36. The van der Waals surface area contributed by atoms with E-state index in [1.54, 1.807) is 0 Å². The molecular formula is C15H31N3. The number of likely N-dealkylation sites (N-methyl/N-ethyl adjacent to an activating group) is 1. The smallest absolute Gasteiger partial charge is 0.0195 e. The zero-order valence-corrected chi connectivity index (χ0v) is 12.5. The lowest BCUT2D eigenvalue weighted by atomic mass is 9.85. The molecule has 0 bridgehead atoms. The molecule has 106 valence electrons. The van der Waals surface area contributed by atoms with Crippen molar-refractivity contribution in [2.24, 2.45) is 5.41 Å². The number of nitrogens with one attached hydrogen (secondary N) is 1. The first-order valence-electron chi connectivity index (χ1n) is 7.80. The molecule has 3 heteroatoms. The first-order valence-corrected chi connectivity index (χ1v) is 7.80. The molecule has 0 aromatic rings. The summed E-state index contributed by atoms with van der Waals surface area (Å²) in [6.07, 6.45) is 5.73. The lowest BCUT2D eigenvalue weighted by molar-refractivity contribution is 0.0549. The molecule has 1 N–H and O–H groups in total. The highest BCUT2D eigenvalue weighted by atomic mass is 15.3. The van der Waals surface area contributed by atoms with Crippen LogP contribution < -0.4 is 5.32 Å². The first-order chi connectivity index (χ1) is 8.69. The minimum absolute atomic E-state index is 0.572. The minimum atomic E-state index is 0.572. The summed E-state index contributed by atoms with van der Waals surface area (Å²) in [6.45, 7) is 12.2. The van der Waals surface area contributed by atoms with Gasteiger partial charge in [-0.1, -0.05) is 19.8 Å². The fourth-order valence-electron chi connectivity index (χ4n) is 4.05. The normalized spacial score (nSPS) is 29.8. The maximum atomic E-state index is 3.43. The summed E-state index contributed by atoms with van der Waals surface area (Å²) in [5, 5.41) is 3.43. The van der Waals surface area contributed by atoms with Crippen molar-refractivity contribution in [1.82, 2.24) is 15.1 Å². The summed E-state index contributed by atoms with van der Waals surface area (Å²) in [5.41, 5.74) is 0.572. The Labute approximate surface area is 113 Å². The monoisotopic (exact) mass is 253 g/mol. The summed E-state index contributed by atoms with van der Waals surface area (Å²) in [7, 11) is 2.11. The van der Waals surface area contributed by atoms with E-state index in [1.807, 2.05) is 0 Å². The molecule has 2 aliphatic rings. The molecule has 0 radical (unpaired) electrons. The van der Waals surface area contributed by atoms with E-state index in [9.17, 15) is 0 Å². The predicted molar refractivity (Wildman–Crippen MR) is 78.0 cm³/mol. The van der Waals surface area contributed by atoms with Crippen LogP contribution >= 0.6 is 0 Å². The van der Waals surface area contributed by atoms with Crippen LogP contribution in [0.5, 0.6) is 0 Å². The van der Waals surface area contributed by atoms with E-state index >= 15 is 0 Å². The van der Waals surface area contributed by atoms with Crippen LogP contribution in [0.3, 0.4) is 0 Å². The van der Waals surface area contributed by atoms with Gasteiger partial charge in [-0.05, 0) is 38.8 Å².